The molecule has 5 heteroatoms. The van der Waals surface area contributed by atoms with E-state index >= 15 is 0 Å². The van der Waals surface area contributed by atoms with Crippen molar-refractivity contribution in [3.8, 4) is 0 Å². The predicted octanol–water partition coefficient (Wildman–Crippen LogP) is 1.01. The molecular weight excluding hydrogens is 236 g/mol. The molecule has 0 N–H and O–H groups in total. The zero-order chi connectivity index (χ0) is 13.4. The normalized spacial score (nSPS) is 9.75. The molecule has 0 aliphatic rings. The Bertz CT molecular complexity index is 221. The van der Waals surface area contributed by atoms with Crippen LogP contribution >= 0.6 is 0 Å². The summed E-state index contributed by atoms with van der Waals surface area (Å²) in [5.74, 6) is 1.59. The van der Waals surface area contributed by atoms with Gasteiger partial charge in [0.15, 0.2) is 10.2 Å². The summed E-state index contributed by atoms with van der Waals surface area (Å²) in [6, 6.07) is 0. The van der Waals surface area contributed by atoms with Crippen LogP contribution in [0.25, 0.3) is 0 Å². The molecule has 0 fully saturated rings. The van der Waals surface area contributed by atoms with Gasteiger partial charge in [0.05, 0.1) is 17.3 Å². The van der Waals surface area contributed by atoms with Gasteiger partial charge in [-0.2, -0.15) is 0 Å². The Morgan fingerprint density at radius 3 is 1.12 bits per heavy atom. The standard InChI is InChI=1S/C10H18O3Si.CH6Si/c1-7(2)11-10(14,12-8(3)4)13-9(5)6;1-2/h1,3,5H2,2,4,6,14H3;1-2H3. The van der Waals surface area contributed by atoms with Crippen LogP contribution in [0.4, 0.5) is 0 Å². The quantitative estimate of drug-likeness (QED) is 0.405. The lowest BCUT2D eigenvalue weighted by atomic mass is 10.6. The maximum atomic E-state index is 5.36. The smallest absolute Gasteiger partial charge is 0.367 e. The van der Waals surface area contributed by atoms with Crippen molar-refractivity contribution in [3.05, 3.63) is 37.0 Å². The fraction of sp³-hybridized carbons (Fsp3) is 0.455. The summed E-state index contributed by atoms with van der Waals surface area (Å²) in [5.41, 5.74) is -1.09. The van der Waals surface area contributed by atoms with Crippen LogP contribution in [0, 0.1) is 0 Å². The summed E-state index contributed by atoms with van der Waals surface area (Å²) in [7, 11) is 1.82. The van der Waals surface area contributed by atoms with E-state index in [1.807, 2.05) is 0 Å². The van der Waals surface area contributed by atoms with Crippen molar-refractivity contribution < 1.29 is 14.2 Å². The second-order valence-corrected chi connectivity index (χ2v) is 4.50. The molecule has 0 bridgehead atoms. The molecule has 0 radical (unpaired) electrons. The molecule has 94 valence electrons. The Morgan fingerprint density at radius 1 is 0.812 bits per heavy atom. The first kappa shape index (κ1) is 17.4. The third-order valence-electron chi connectivity index (χ3n) is 1.08. The van der Waals surface area contributed by atoms with Crippen molar-refractivity contribution in [2.75, 3.05) is 0 Å². The van der Waals surface area contributed by atoms with Crippen molar-refractivity contribution in [3.63, 3.8) is 0 Å². The van der Waals surface area contributed by atoms with Gasteiger partial charge in [-0.05, 0) is 31.0 Å². The summed E-state index contributed by atoms with van der Waals surface area (Å²) in [5, 5.41) is 0. The minimum atomic E-state index is -1.09. The van der Waals surface area contributed by atoms with Crippen molar-refractivity contribution in [1.29, 1.82) is 0 Å². The summed E-state index contributed by atoms with van der Waals surface area (Å²) >= 11 is 0. The van der Waals surface area contributed by atoms with Gasteiger partial charge in [-0.3, -0.25) is 0 Å². The first-order valence-corrected chi connectivity index (χ1v) is 8.29. The molecule has 3 nitrogen and oxygen atoms in total. The second kappa shape index (κ2) is 8.23. The van der Waals surface area contributed by atoms with Gasteiger partial charge in [0.1, 0.15) is 0 Å². The van der Waals surface area contributed by atoms with E-state index in [2.05, 4.69) is 26.3 Å². The lowest BCUT2D eigenvalue weighted by molar-refractivity contribution is -0.273. The molecule has 0 saturated heterocycles. The Kier molecular flexibility index (Phi) is 8.98. The van der Waals surface area contributed by atoms with Crippen LogP contribution in [0.3, 0.4) is 0 Å². The highest BCUT2D eigenvalue weighted by Crippen LogP contribution is 2.20. The molecule has 0 aromatic heterocycles. The van der Waals surface area contributed by atoms with E-state index in [0.717, 1.165) is 0 Å². The van der Waals surface area contributed by atoms with Gasteiger partial charge >= 0.3 is 5.60 Å². The van der Waals surface area contributed by atoms with Crippen molar-refractivity contribution >= 4 is 20.5 Å². The van der Waals surface area contributed by atoms with Gasteiger partial charge in [0, 0.05) is 0 Å². The first-order valence-electron chi connectivity index (χ1n) is 5.29. The highest BCUT2D eigenvalue weighted by Gasteiger charge is 2.29. The summed E-state index contributed by atoms with van der Waals surface area (Å²) in [6.07, 6.45) is 0. The topological polar surface area (TPSA) is 27.7 Å². The van der Waals surface area contributed by atoms with Crippen molar-refractivity contribution in [2.24, 2.45) is 0 Å². The van der Waals surface area contributed by atoms with Crippen LogP contribution in [-0.4, -0.2) is 26.1 Å². The Morgan fingerprint density at radius 2 is 1.00 bits per heavy atom. The Balaban J connectivity index is 0. The highest BCUT2D eigenvalue weighted by atomic mass is 28.1. The van der Waals surface area contributed by atoms with Gasteiger partial charge in [-0.1, -0.05) is 26.3 Å². The fourth-order valence-electron chi connectivity index (χ4n) is 1.01. The number of allylic oxidation sites excluding steroid dienone is 3. The molecule has 0 aromatic rings. The van der Waals surface area contributed by atoms with Crippen LogP contribution in [0.1, 0.15) is 20.8 Å². The maximum absolute atomic E-state index is 5.36. The minimum absolute atomic E-state index is 0.513. The second-order valence-electron chi connectivity index (χ2n) is 3.27. The van der Waals surface area contributed by atoms with Gasteiger partial charge in [-0.25, -0.2) is 0 Å². The van der Waals surface area contributed by atoms with Gasteiger partial charge in [0.25, 0.3) is 0 Å². The molecule has 0 saturated carbocycles. The van der Waals surface area contributed by atoms with E-state index in [0.29, 0.717) is 27.5 Å². The molecular formula is C11H24O3Si2. The summed E-state index contributed by atoms with van der Waals surface area (Å²) in [6.45, 7) is 18.2. The molecule has 0 heterocycles. The van der Waals surface area contributed by atoms with Crippen molar-refractivity contribution in [2.45, 2.75) is 32.9 Å². The monoisotopic (exact) mass is 260 g/mol. The van der Waals surface area contributed by atoms with E-state index in [9.17, 15) is 0 Å². The maximum Gasteiger partial charge on any atom is 0.367 e. The highest BCUT2D eigenvalue weighted by molar-refractivity contribution is 6.12. The van der Waals surface area contributed by atoms with E-state index in [4.69, 9.17) is 14.2 Å². The number of hydrogen-bond acceptors (Lipinski definition) is 3. The molecule has 0 aromatic carbocycles. The SMILES string of the molecule is C=C(C)OC([SiH3])(OC(=C)C)OC(=C)C.C[SiH3]. The molecule has 16 heavy (non-hydrogen) atoms. The van der Waals surface area contributed by atoms with Crippen LogP contribution in [0.15, 0.2) is 37.0 Å². The van der Waals surface area contributed by atoms with Crippen LogP contribution < -0.4 is 0 Å². The lowest BCUT2D eigenvalue weighted by Crippen LogP contribution is -2.38. The largest absolute Gasteiger partial charge is 0.432 e. The summed E-state index contributed by atoms with van der Waals surface area (Å²) in [4.78, 5) is 0. The lowest BCUT2D eigenvalue weighted by Gasteiger charge is -2.31. The number of ether oxygens (including phenoxy) is 3. The average molecular weight is 260 g/mol. The van der Waals surface area contributed by atoms with Gasteiger partial charge in [-0.15, -0.1) is 0 Å². The Hall–Kier alpha value is -0.946. The third-order valence-corrected chi connectivity index (χ3v) is 1.69. The molecule has 0 rings (SSSR count). The zero-order valence-electron chi connectivity index (χ0n) is 11.3. The zero-order valence-corrected chi connectivity index (χ0v) is 15.3. The molecule has 0 aliphatic heterocycles. The number of rotatable bonds is 6. The Labute approximate surface area is 105 Å². The van der Waals surface area contributed by atoms with E-state index in [-0.39, 0.29) is 0 Å². The minimum Gasteiger partial charge on any atom is -0.432 e. The van der Waals surface area contributed by atoms with Gasteiger partial charge < -0.3 is 14.2 Å². The predicted molar refractivity (Wildman–Crippen MR) is 76.2 cm³/mol. The first-order chi connectivity index (χ1) is 7.25. The van der Waals surface area contributed by atoms with Crippen LogP contribution in [-0.2, 0) is 14.2 Å². The molecule has 0 atom stereocenters. The molecule has 0 aliphatic carbocycles. The third kappa shape index (κ3) is 9.60. The molecule has 0 amide bonds. The molecule has 0 spiro atoms. The van der Waals surface area contributed by atoms with Crippen molar-refractivity contribution in [1.82, 2.24) is 0 Å². The number of hydrogen-bond donors (Lipinski definition) is 0. The van der Waals surface area contributed by atoms with E-state index < -0.39 is 5.60 Å². The fourth-order valence-corrected chi connectivity index (χ4v) is 2.06. The summed E-state index contributed by atoms with van der Waals surface area (Å²) < 4.78 is 16.1. The van der Waals surface area contributed by atoms with E-state index in [1.165, 1.54) is 10.2 Å². The van der Waals surface area contributed by atoms with E-state index in [1.54, 1.807) is 20.8 Å². The van der Waals surface area contributed by atoms with Gasteiger partial charge in [0.2, 0.25) is 0 Å². The average Bonchev–Trinajstić information content (AvgIpc) is 2.01. The molecule has 0 unspecified atom stereocenters. The van der Waals surface area contributed by atoms with Crippen LogP contribution in [0.2, 0.25) is 6.55 Å². The van der Waals surface area contributed by atoms with Crippen LogP contribution in [0.5, 0.6) is 0 Å².